The number of nitrogens with zero attached hydrogens (tertiary/aromatic N) is 2. The molecule has 9 heteroatoms. The highest BCUT2D eigenvalue weighted by Crippen LogP contribution is 2.52. The molecule has 2 saturated heterocycles. The fraction of sp³-hybridized carbons (Fsp3) is 0.500. The Labute approximate surface area is 164 Å². The quantitative estimate of drug-likeness (QED) is 0.672. The molecule has 0 atom stereocenters. The van der Waals surface area contributed by atoms with Crippen LogP contribution in [0, 0.1) is 23.0 Å². The van der Waals surface area contributed by atoms with Crippen molar-refractivity contribution in [1.29, 1.82) is 0 Å². The van der Waals surface area contributed by atoms with Crippen molar-refractivity contribution in [3.8, 4) is 0 Å². The van der Waals surface area contributed by atoms with E-state index >= 15 is 8.78 Å². The topological polar surface area (TPSA) is 115 Å². The van der Waals surface area contributed by atoms with Crippen LogP contribution in [0.5, 0.6) is 0 Å². The van der Waals surface area contributed by atoms with Crippen molar-refractivity contribution in [2.75, 3.05) is 30.3 Å². The number of nitrogens with two attached hydrogens (primary N) is 2. The fourth-order valence-corrected chi connectivity index (χ4v) is 5.23. The van der Waals surface area contributed by atoms with E-state index in [4.69, 9.17) is 11.5 Å². The molecule has 0 radical (unpaired) electrons. The lowest BCUT2D eigenvalue weighted by molar-refractivity contribution is 0.0401. The Balaban J connectivity index is 1.78. The molecule has 7 nitrogen and oxygen atoms in total. The summed E-state index contributed by atoms with van der Waals surface area (Å²) in [6.45, 7) is 1.38. The molecule has 0 spiro atoms. The van der Waals surface area contributed by atoms with Crippen molar-refractivity contribution in [3.05, 3.63) is 33.6 Å². The molecule has 2 aliphatic heterocycles. The lowest BCUT2D eigenvalue weighted by Gasteiger charge is -2.56. The maximum absolute atomic E-state index is 15.8. The first kappa shape index (κ1) is 18.4. The monoisotopic (exact) mass is 404 g/mol. The Kier molecular flexibility index (Phi) is 3.74. The molecule has 0 amide bonds. The number of aromatic carboxylic acids is 1. The number of aromatic nitrogens is 1. The van der Waals surface area contributed by atoms with Crippen LogP contribution in [-0.2, 0) is 0 Å². The van der Waals surface area contributed by atoms with E-state index in [1.54, 1.807) is 4.90 Å². The van der Waals surface area contributed by atoms with Crippen molar-refractivity contribution in [3.63, 3.8) is 0 Å². The number of fused-ring (bicyclic) bond motifs is 3. The van der Waals surface area contributed by atoms with E-state index in [9.17, 15) is 14.7 Å². The summed E-state index contributed by atoms with van der Waals surface area (Å²) in [4.78, 5) is 25.9. The van der Waals surface area contributed by atoms with Gasteiger partial charge in [0.25, 0.3) is 0 Å². The Bertz CT molecular complexity index is 1120. The third kappa shape index (κ3) is 2.49. The van der Waals surface area contributed by atoms with Gasteiger partial charge in [0.15, 0.2) is 11.6 Å². The fourth-order valence-electron chi connectivity index (χ4n) is 5.23. The molecule has 5 N–H and O–H groups in total. The van der Waals surface area contributed by atoms with Crippen LogP contribution in [-0.4, -0.2) is 35.3 Å². The molecule has 2 aromatic rings. The van der Waals surface area contributed by atoms with Gasteiger partial charge in [0, 0.05) is 30.7 Å². The number of rotatable bonds is 4. The van der Waals surface area contributed by atoms with Gasteiger partial charge in [-0.15, -0.1) is 0 Å². The molecular formula is C20H22F2N4O3. The molecule has 2 aliphatic carbocycles. The zero-order valence-electron chi connectivity index (χ0n) is 15.8. The lowest BCUT2D eigenvalue weighted by atomic mass is 9.58. The number of halogens is 2. The number of carboxylic acids is 1. The van der Waals surface area contributed by atoms with E-state index in [1.807, 2.05) is 0 Å². The van der Waals surface area contributed by atoms with Gasteiger partial charge in [0.2, 0.25) is 5.43 Å². The zero-order valence-corrected chi connectivity index (χ0v) is 15.8. The zero-order chi connectivity index (χ0) is 20.7. The highest BCUT2D eigenvalue weighted by atomic mass is 19.1. The molecule has 154 valence electrons. The first-order chi connectivity index (χ1) is 13.8. The molecule has 4 aliphatic rings. The minimum atomic E-state index is -1.45. The van der Waals surface area contributed by atoms with Gasteiger partial charge >= 0.3 is 5.97 Å². The summed E-state index contributed by atoms with van der Waals surface area (Å²) in [7, 11) is 0. The molecule has 3 heterocycles. The summed E-state index contributed by atoms with van der Waals surface area (Å²) in [5, 5.41) is 8.97. The summed E-state index contributed by atoms with van der Waals surface area (Å²) < 4.78 is 32.5. The van der Waals surface area contributed by atoms with Gasteiger partial charge in [-0.2, -0.15) is 0 Å². The van der Waals surface area contributed by atoms with E-state index in [1.165, 1.54) is 4.57 Å². The molecule has 6 rings (SSSR count). The molecular weight excluding hydrogens is 382 g/mol. The van der Waals surface area contributed by atoms with Crippen molar-refractivity contribution in [2.24, 2.45) is 17.1 Å². The Morgan fingerprint density at radius 1 is 1.28 bits per heavy atom. The Hall–Kier alpha value is -2.68. The first-order valence-electron chi connectivity index (χ1n) is 9.80. The Morgan fingerprint density at radius 3 is 2.55 bits per heavy atom. The number of carboxylic acid groups (broad SMARTS) is 1. The van der Waals surface area contributed by atoms with Gasteiger partial charge < -0.3 is 26.0 Å². The average molecular weight is 404 g/mol. The van der Waals surface area contributed by atoms with E-state index in [2.05, 4.69) is 0 Å². The van der Waals surface area contributed by atoms with Crippen LogP contribution >= 0.6 is 0 Å². The first-order valence-corrected chi connectivity index (χ1v) is 9.80. The van der Waals surface area contributed by atoms with Crippen LogP contribution in [0.15, 0.2) is 11.0 Å². The van der Waals surface area contributed by atoms with Crippen LogP contribution < -0.4 is 21.8 Å². The van der Waals surface area contributed by atoms with Gasteiger partial charge in [-0.1, -0.05) is 0 Å². The summed E-state index contributed by atoms with van der Waals surface area (Å²) in [6.07, 6.45) is 4.50. The van der Waals surface area contributed by atoms with Crippen LogP contribution in [0.3, 0.4) is 0 Å². The number of anilines is 2. The van der Waals surface area contributed by atoms with E-state index in [0.29, 0.717) is 25.6 Å². The maximum atomic E-state index is 15.8. The molecule has 29 heavy (non-hydrogen) atoms. The molecule has 2 bridgehead atoms. The van der Waals surface area contributed by atoms with Crippen molar-refractivity contribution >= 4 is 28.2 Å². The highest BCUT2D eigenvalue weighted by Gasteiger charge is 2.50. The van der Waals surface area contributed by atoms with Crippen LogP contribution in [0.1, 0.15) is 42.1 Å². The van der Waals surface area contributed by atoms with Crippen LogP contribution in [0.25, 0.3) is 10.9 Å². The van der Waals surface area contributed by atoms with Crippen molar-refractivity contribution in [2.45, 2.75) is 31.7 Å². The number of hydrogen-bond acceptors (Lipinski definition) is 5. The summed E-state index contributed by atoms with van der Waals surface area (Å²) >= 11 is 0. The van der Waals surface area contributed by atoms with Gasteiger partial charge in [-0.25, -0.2) is 13.6 Å². The number of carbonyl (C=O) groups is 1. The third-order valence-corrected chi connectivity index (χ3v) is 6.73. The number of benzene rings is 1. The second-order valence-electron chi connectivity index (χ2n) is 8.79. The minimum absolute atomic E-state index is 0.113. The summed E-state index contributed by atoms with van der Waals surface area (Å²) in [6, 6.07) is -0.131. The molecule has 0 unspecified atom stereocenters. The lowest BCUT2D eigenvalue weighted by Crippen LogP contribution is -2.59. The average Bonchev–Trinajstić information content (AvgIpc) is 3.50. The number of pyridine rings is 1. The SMILES string of the molecule is NCC12CC(CN(c3c(F)c(N)c4c(=O)c(C(=O)O)cn(C5CC5)c4c3F)C1)C2. The van der Waals surface area contributed by atoms with Gasteiger partial charge in [0.05, 0.1) is 16.6 Å². The summed E-state index contributed by atoms with van der Waals surface area (Å²) in [5.41, 5.74) is 9.37. The standard InChI is InChI=1S/C20H22F2N4O3/c21-13-15(24)12-16(26(10-1-2-10)6-11(18(12)27)19(28)29)14(22)17(13)25-5-9-3-20(4-9,7-23)8-25/h6,9-10H,1-5,7-8,23-24H2,(H,28,29). The molecule has 1 aromatic carbocycles. The van der Waals surface area contributed by atoms with E-state index in [0.717, 1.165) is 31.9 Å². The van der Waals surface area contributed by atoms with Gasteiger partial charge in [0.1, 0.15) is 11.3 Å². The Morgan fingerprint density at radius 2 is 1.97 bits per heavy atom. The second kappa shape index (κ2) is 5.91. The molecule has 2 saturated carbocycles. The van der Waals surface area contributed by atoms with Gasteiger partial charge in [-0.05, 0) is 38.1 Å². The predicted molar refractivity (Wildman–Crippen MR) is 104 cm³/mol. The highest BCUT2D eigenvalue weighted by molar-refractivity contribution is 5.99. The third-order valence-electron chi connectivity index (χ3n) is 6.73. The minimum Gasteiger partial charge on any atom is -0.477 e. The van der Waals surface area contributed by atoms with Crippen LogP contribution in [0.4, 0.5) is 20.2 Å². The number of piperidine rings is 2. The summed E-state index contributed by atoms with van der Waals surface area (Å²) in [5.74, 6) is -2.99. The smallest absolute Gasteiger partial charge is 0.341 e. The normalized spacial score (nSPS) is 25.9. The van der Waals surface area contributed by atoms with Crippen molar-refractivity contribution in [1.82, 2.24) is 4.57 Å². The van der Waals surface area contributed by atoms with E-state index in [-0.39, 0.29) is 22.7 Å². The molecule has 4 fully saturated rings. The second-order valence-corrected chi connectivity index (χ2v) is 8.79. The van der Waals surface area contributed by atoms with Crippen molar-refractivity contribution < 1.29 is 18.7 Å². The predicted octanol–water partition coefficient (Wildman–Crippen LogP) is 2.07. The number of nitrogen functional groups attached to an aromatic ring is 1. The number of hydrogen-bond donors (Lipinski definition) is 3. The van der Waals surface area contributed by atoms with Gasteiger partial charge in [-0.3, -0.25) is 4.79 Å². The molecule has 1 aromatic heterocycles. The van der Waals surface area contributed by atoms with Crippen LogP contribution in [0.2, 0.25) is 0 Å². The maximum Gasteiger partial charge on any atom is 0.341 e. The largest absolute Gasteiger partial charge is 0.477 e. The van der Waals surface area contributed by atoms with E-state index < -0.39 is 39.7 Å².